The Morgan fingerprint density at radius 1 is 1.62 bits per heavy atom. The number of carbonyl (C=O) groups is 1. The normalized spacial score (nSPS) is 25.9. The Hall–Kier alpha value is -0.260. The van der Waals surface area contributed by atoms with Crippen LogP contribution in [0.5, 0.6) is 0 Å². The van der Waals surface area contributed by atoms with Gasteiger partial charge in [-0.15, -0.1) is 0 Å². The maximum absolute atomic E-state index is 11.5. The lowest BCUT2D eigenvalue weighted by Crippen LogP contribution is -2.37. The molecule has 0 aromatic rings. The molecule has 2 atom stereocenters. The first-order valence-electron chi connectivity index (χ1n) is 5.76. The Morgan fingerprint density at radius 2 is 2.38 bits per heavy atom. The Morgan fingerprint density at radius 3 is 3.00 bits per heavy atom. The summed E-state index contributed by atoms with van der Waals surface area (Å²) in [7, 11) is 1.40. The van der Waals surface area contributed by atoms with Crippen molar-refractivity contribution in [1.82, 2.24) is 4.90 Å². The number of nitrogens with zero attached hydrogens (tertiary/aromatic N) is 1. The SMILES string of the molecule is CCSCCCN1C[C@H](O)C[C@H]1C(=O)OC. The first-order valence-corrected chi connectivity index (χ1v) is 6.92. The standard InChI is InChI=1S/C11H21NO3S/c1-3-16-6-4-5-12-8-9(13)7-10(12)11(14)15-2/h9-10,13H,3-8H2,1-2H3/t9-,10+/m1/s1. The molecule has 1 heterocycles. The van der Waals surface area contributed by atoms with Crippen LogP contribution in [0.2, 0.25) is 0 Å². The van der Waals surface area contributed by atoms with Crippen LogP contribution in [-0.4, -0.2) is 59.8 Å². The number of esters is 1. The highest BCUT2D eigenvalue weighted by molar-refractivity contribution is 7.99. The number of likely N-dealkylation sites (tertiary alicyclic amines) is 1. The Bertz CT molecular complexity index is 225. The number of thioether (sulfide) groups is 1. The van der Waals surface area contributed by atoms with E-state index in [9.17, 15) is 9.90 Å². The van der Waals surface area contributed by atoms with Crippen molar-refractivity contribution in [2.45, 2.75) is 31.9 Å². The van der Waals surface area contributed by atoms with Crippen molar-refractivity contribution in [1.29, 1.82) is 0 Å². The molecule has 4 nitrogen and oxygen atoms in total. The molecule has 0 radical (unpaired) electrons. The van der Waals surface area contributed by atoms with Crippen LogP contribution in [0, 0.1) is 0 Å². The number of rotatable bonds is 6. The van der Waals surface area contributed by atoms with Gasteiger partial charge in [0.05, 0.1) is 13.2 Å². The lowest BCUT2D eigenvalue weighted by molar-refractivity contribution is -0.145. The lowest BCUT2D eigenvalue weighted by atomic mass is 10.2. The zero-order chi connectivity index (χ0) is 12.0. The minimum Gasteiger partial charge on any atom is -0.468 e. The van der Waals surface area contributed by atoms with Crippen molar-refractivity contribution in [3.8, 4) is 0 Å². The monoisotopic (exact) mass is 247 g/mol. The number of ether oxygens (including phenoxy) is 1. The second-order valence-electron chi connectivity index (χ2n) is 3.97. The summed E-state index contributed by atoms with van der Waals surface area (Å²) >= 11 is 1.90. The van der Waals surface area contributed by atoms with Crippen molar-refractivity contribution in [3.63, 3.8) is 0 Å². The molecule has 0 aromatic heterocycles. The van der Waals surface area contributed by atoms with Crippen LogP contribution in [0.25, 0.3) is 0 Å². The van der Waals surface area contributed by atoms with Gasteiger partial charge in [-0.25, -0.2) is 0 Å². The minimum atomic E-state index is -0.386. The number of hydrogen-bond acceptors (Lipinski definition) is 5. The second-order valence-corrected chi connectivity index (χ2v) is 5.37. The minimum absolute atomic E-state index is 0.223. The Balaban J connectivity index is 2.34. The van der Waals surface area contributed by atoms with Gasteiger partial charge in [-0.2, -0.15) is 11.8 Å². The molecule has 1 aliphatic heterocycles. The van der Waals surface area contributed by atoms with Gasteiger partial charge in [0, 0.05) is 13.0 Å². The summed E-state index contributed by atoms with van der Waals surface area (Å²) in [5, 5.41) is 9.56. The molecule has 0 unspecified atom stereocenters. The van der Waals surface area contributed by atoms with Gasteiger partial charge in [-0.1, -0.05) is 6.92 Å². The average Bonchev–Trinajstić information content (AvgIpc) is 2.65. The topological polar surface area (TPSA) is 49.8 Å². The van der Waals surface area contributed by atoms with E-state index in [0.29, 0.717) is 13.0 Å². The second kappa shape index (κ2) is 7.14. The van der Waals surface area contributed by atoms with Gasteiger partial charge in [0.1, 0.15) is 6.04 Å². The fourth-order valence-electron chi connectivity index (χ4n) is 2.02. The zero-order valence-corrected chi connectivity index (χ0v) is 10.8. The van der Waals surface area contributed by atoms with Gasteiger partial charge in [0.25, 0.3) is 0 Å². The van der Waals surface area contributed by atoms with Crippen LogP contribution in [-0.2, 0) is 9.53 Å². The number of aliphatic hydroxyl groups is 1. The van der Waals surface area contributed by atoms with Gasteiger partial charge in [-0.3, -0.25) is 9.69 Å². The number of β-amino-alcohol motifs (C(OH)–C–C–N with tert-alkyl or cyclic N) is 1. The predicted molar refractivity (Wildman–Crippen MR) is 65.6 cm³/mol. The molecule has 1 N–H and O–H groups in total. The first-order chi connectivity index (χ1) is 7.69. The fraction of sp³-hybridized carbons (Fsp3) is 0.909. The maximum atomic E-state index is 11.5. The summed E-state index contributed by atoms with van der Waals surface area (Å²) in [6.45, 7) is 3.60. The van der Waals surface area contributed by atoms with Crippen molar-refractivity contribution in [3.05, 3.63) is 0 Å². The smallest absolute Gasteiger partial charge is 0.323 e. The molecular weight excluding hydrogens is 226 g/mol. The molecule has 94 valence electrons. The molecule has 16 heavy (non-hydrogen) atoms. The van der Waals surface area contributed by atoms with E-state index in [4.69, 9.17) is 4.74 Å². The summed E-state index contributed by atoms with van der Waals surface area (Å²) in [5.74, 6) is 2.01. The van der Waals surface area contributed by atoms with Crippen molar-refractivity contribution >= 4 is 17.7 Å². The fourth-order valence-corrected chi connectivity index (χ4v) is 2.64. The summed E-state index contributed by atoms with van der Waals surface area (Å²) in [6, 6.07) is -0.244. The van der Waals surface area contributed by atoms with E-state index >= 15 is 0 Å². The van der Waals surface area contributed by atoms with E-state index in [0.717, 1.165) is 24.5 Å². The van der Waals surface area contributed by atoms with Gasteiger partial charge < -0.3 is 9.84 Å². The summed E-state index contributed by atoms with van der Waals surface area (Å²) in [6.07, 6.45) is 1.18. The van der Waals surface area contributed by atoms with Crippen molar-refractivity contribution in [2.24, 2.45) is 0 Å². The number of carbonyl (C=O) groups excluding carboxylic acids is 1. The summed E-state index contributed by atoms with van der Waals surface area (Å²) in [4.78, 5) is 13.5. The summed E-state index contributed by atoms with van der Waals surface area (Å²) in [5.41, 5.74) is 0. The molecule has 1 aliphatic rings. The number of aliphatic hydroxyl groups excluding tert-OH is 1. The molecule has 1 rings (SSSR count). The largest absolute Gasteiger partial charge is 0.468 e. The van der Waals surface area contributed by atoms with E-state index in [1.54, 1.807) is 0 Å². The van der Waals surface area contributed by atoms with E-state index in [-0.39, 0.29) is 18.1 Å². The molecular formula is C11H21NO3S. The Kier molecular flexibility index (Phi) is 6.16. The van der Waals surface area contributed by atoms with Gasteiger partial charge >= 0.3 is 5.97 Å². The van der Waals surface area contributed by atoms with Crippen LogP contribution in [0.1, 0.15) is 19.8 Å². The quantitative estimate of drug-likeness (QED) is 0.554. The summed E-state index contributed by atoms with van der Waals surface area (Å²) < 4.78 is 4.74. The van der Waals surface area contributed by atoms with E-state index < -0.39 is 0 Å². The van der Waals surface area contributed by atoms with Crippen molar-refractivity contribution in [2.75, 3.05) is 31.7 Å². The first kappa shape index (κ1) is 13.8. The van der Waals surface area contributed by atoms with Crippen LogP contribution in [0.15, 0.2) is 0 Å². The Labute approximate surface area is 101 Å². The van der Waals surface area contributed by atoms with Crippen LogP contribution >= 0.6 is 11.8 Å². The third-order valence-electron chi connectivity index (χ3n) is 2.79. The van der Waals surface area contributed by atoms with Crippen molar-refractivity contribution < 1.29 is 14.6 Å². The molecule has 1 fully saturated rings. The van der Waals surface area contributed by atoms with Gasteiger partial charge in [0.15, 0.2) is 0 Å². The van der Waals surface area contributed by atoms with Crippen LogP contribution in [0.3, 0.4) is 0 Å². The third kappa shape index (κ3) is 3.96. The average molecular weight is 247 g/mol. The van der Waals surface area contributed by atoms with Crippen LogP contribution < -0.4 is 0 Å². The molecule has 0 amide bonds. The van der Waals surface area contributed by atoms with Gasteiger partial charge in [0.2, 0.25) is 0 Å². The van der Waals surface area contributed by atoms with Crippen LogP contribution in [0.4, 0.5) is 0 Å². The lowest BCUT2D eigenvalue weighted by Gasteiger charge is -2.21. The molecule has 1 saturated heterocycles. The van der Waals surface area contributed by atoms with E-state index in [1.807, 2.05) is 16.7 Å². The maximum Gasteiger partial charge on any atom is 0.323 e. The predicted octanol–water partition coefficient (Wildman–Crippen LogP) is 0.738. The molecule has 0 spiro atoms. The molecule has 5 heteroatoms. The van der Waals surface area contributed by atoms with Gasteiger partial charge in [-0.05, 0) is 24.5 Å². The number of methoxy groups -OCH3 is 1. The van der Waals surface area contributed by atoms with E-state index in [1.165, 1.54) is 7.11 Å². The highest BCUT2D eigenvalue weighted by atomic mass is 32.2. The third-order valence-corrected chi connectivity index (χ3v) is 3.78. The molecule has 0 aliphatic carbocycles. The molecule has 0 bridgehead atoms. The van der Waals surface area contributed by atoms with E-state index in [2.05, 4.69) is 6.92 Å². The molecule has 0 saturated carbocycles. The highest BCUT2D eigenvalue weighted by Gasteiger charge is 2.36. The number of hydrogen-bond donors (Lipinski definition) is 1. The zero-order valence-electron chi connectivity index (χ0n) is 10.0. The highest BCUT2D eigenvalue weighted by Crippen LogP contribution is 2.19. The molecule has 0 aromatic carbocycles.